The number of carbonyl (C=O) groups excluding carboxylic acids is 1. The molecule has 3 rings (SSSR count). The summed E-state index contributed by atoms with van der Waals surface area (Å²) < 4.78 is 17.6. The number of esters is 1. The zero-order valence-corrected chi connectivity index (χ0v) is 17.5. The zero-order valence-electron chi connectivity index (χ0n) is 13.6. The number of benzene rings is 2. The molecule has 1 heterocycles. The van der Waals surface area contributed by atoms with E-state index in [-0.39, 0.29) is 13.2 Å². The summed E-state index contributed by atoms with van der Waals surface area (Å²) in [7, 11) is 1.53. The lowest BCUT2D eigenvalue weighted by atomic mass is 10.2. The number of carbonyl (C=O) groups is 1. The fourth-order valence-electron chi connectivity index (χ4n) is 2.28. The Kier molecular flexibility index (Phi) is 6.29. The van der Waals surface area contributed by atoms with Gasteiger partial charge in [0.05, 0.1) is 16.8 Å². The molecule has 0 fully saturated rings. The molecule has 0 saturated carbocycles. The molecule has 26 heavy (non-hydrogen) atoms. The van der Waals surface area contributed by atoms with Gasteiger partial charge in [0.1, 0.15) is 34.6 Å². The molecule has 3 aromatic rings. The van der Waals surface area contributed by atoms with Crippen molar-refractivity contribution in [1.29, 1.82) is 0 Å². The Morgan fingerprint density at radius 1 is 1.15 bits per heavy atom. The smallest absolute Gasteiger partial charge is 0.350 e. The standard InChI is InChI=1S/C18H13BrCl2O4S/c1-23-13-6-5-12-14(20)17(26-16(12)15(13)21)18(22)25-8-7-24-11-4-2-3-10(19)9-11/h2-6,9H,7-8H2,1H3. The number of hydrogen-bond donors (Lipinski definition) is 0. The van der Waals surface area contributed by atoms with E-state index in [0.29, 0.717) is 36.5 Å². The third kappa shape index (κ3) is 4.09. The average molecular weight is 476 g/mol. The van der Waals surface area contributed by atoms with Gasteiger partial charge in [0.2, 0.25) is 0 Å². The predicted molar refractivity (Wildman–Crippen MR) is 108 cm³/mol. The minimum atomic E-state index is -0.510. The van der Waals surface area contributed by atoms with Crippen molar-refractivity contribution in [2.75, 3.05) is 20.3 Å². The second-order valence-electron chi connectivity index (χ2n) is 5.15. The van der Waals surface area contributed by atoms with Crippen LogP contribution in [0, 0.1) is 0 Å². The largest absolute Gasteiger partial charge is 0.495 e. The molecule has 0 unspecified atom stereocenters. The highest BCUT2D eigenvalue weighted by molar-refractivity contribution is 9.10. The SMILES string of the molecule is COc1ccc2c(Cl)c(C(=O)OCCOc3cccc(Br)c3)sc2c1Cl. The van der Waals surface area contributed by atoms with E-state index in [4.69, 9.17) is 37.4 Å². The molecule has 0 N–H and O–H groups in total. The Morgan fingerprint density at radius 2 is 1.96 bits per heavy atom. The lowest BCUT2D eigenvalue weighted by molar-refractivity contribution is 0.0456. The topological polar surface area (TPSA) is 44.8 Å². The lowest BCUT2D eigenvalue weighted by Gasteiger charge is -2.07. The van der Waals surface area contributed by atoms with Crippen molar-refractivity contribution < 1.29 is 19.0 Å². The Hall–Kier alpha value is -1.47. The van der Waals surface area contributed by atoms with Gasteiger partial charge >= 0.3 is 5.97 Å². The predicted octanol–water partition coefficient (Wildman–Crippen LogP) is 6.22. The molecule has 2 aromatic carbocycles. The molecule has 0 saturated heterocycles. The van der Waals surface area contributed by atoms with E-state index in [0.717, 1.165) is 4.47 Å². The van der Waals surface area contributed by atoms with Gasteiger partial charge in [0.25, 0.3) is 0 Å². The first-order valence-corrected chi connectivity index (χ1v) is 9.87. The third-order valence-electron chi connectivity index (χ3n) is 3.49. The molecule has 1 aromatic heterocycles. The van der Waals surface area contributed by atoms with Gasteiger partial charge < -0.3 is 14.2 Å². The molecule has 0 spiro atoms. The molecule has 0 aliphatic carbocycles. The van der Waals surface area contributed by atoms with Crippen LogP contribution >= 0.6 is 50.5 Å². The van der Waals surface area contributed by atoms with Crippen LogP contribution in [0.2, 0.25) is 10.0 Å². The Balaban J connectivity index is 1.66. The zero-order chi connectivity index (χ0) is 18.7. The van der Waals surface area contributed by atoms with Crippen LogP contribution < -0.4 is 9.47 Å². The van der Waals surface area contributed by atoms with E-state index in [2.05, 4.69) is 15.9 Å². The van der Waals surface area contributed by atoms with Crippen LogP contribution in [0.4, 0.5) is 0 Å². The summed E-state index contributed by atoms with van der Waals surface area (Å²) >= 11 is 17.2. The van der Waals surface area contributed by atoms with Crippen LogP contribution in [0.15, 0.2) is 40.9 Å². The summed E-state index contributed by atoms with van der Waals surface area (Å²) in [5.74, 6) is 0.706. The van der Waals surface area contributed by atoms with Gasteiger partial charge in [-0.2, -0.15) is 0 Å². The molecular weight excluding hydrogens is 463 g/mol. The molecule has 0 aliphatic heterocycles. The number of thiophene rings is 1. The van der Waals surface area contributed by atoms with Crippen molar-refractivity contribution in [3.63, 3.8) is 0 Å². The highest BCUT2D eigenvalue weighted by atomic mass is 79.9. The fraction of sp³-hybridized carbons (Fsp3) is 0.167. The lowest BCUT2D eigenvalue weighted by Crippen LogP contribution is -2.11. The van der Waals surface area contributed by atoms with E-state index >= 15 is 0 Å². The molecule has 136 valence electrons. The highest BCUT2D eigenvalue weighted by Crippen LogP contribution is 2.43. The first kappa shape index (κ1) is 19.3. The van der Waals surface area contributed by atoms with E-state index in [1.165, 1.54) is 18.4 Å². The van der Waals surface area contributed by atoms with Crippen LogP contribution in [0.5, 0.6) is 11.5 Å². The molecule has 4 nitrogen and oxygen atoms in total. The summed E-state index contributed by atoms with van der Waals surface area (Å²) in [6.45, 7) is 0.340. The number of ether oxygens (including phenoxy) is 3. The van der Waals surface area contributed by atoms with Crippen molar-refractivity contribution in [3.05, 3.63) is 55.8 Å². The fourth-order valence-corrected chi connectivity index (χ4v) is 4.44. The summed E-state index contributed by atoms with van der Waals surface area (Å²) in [4.78, 5) is 12.6. The van der Waals surface area contributed by atoms with E-state index in [9.17, 15) is 4.79 Å². The van der Waals surface area contributed by atoms with Gasteiger partial charge in [-0.1, -0.05) is 45.2 Å². The number of fused-ring (bicyclic) bond motifs is 1. The van der Waals surface area contributed by atoms with E-state index < -0.39 is 5.97 Å². The van der Waals surface area contributed by atoms with E-state index in [1.807, 2.05) is 24.3 Å². The van der Waals surface area contributed by atoms with Crippen LogP contribution in [-0.2, 0) is 4.74 Å². The van der Waals surface area contributed by atoms with Gasteiger partial charge in [-0.05, 0) is 30.3 Å². The molecule has 0 radical (unpaired) electrons. The summed E-state index contributed by atoms with van der Waals surface area (Å²) in [6.07, 6.45) is 0. The molecule has 0 aliphatic rings. The monoisotopic (exact) mass is 474 g/mol. The average Bonchev–Trinajstić information content (AvgIpc) is 2.97. The normalized spacial score (nSPS) is 10.8. The molecule has 0 amide bonds. The van der Waals surface area contributed by atoms with Gasteiger partial charge in [-0.15, -0.1) is 11.3 Å². The van der Waals surface area contributed by atoms with Crippen LogP contribution in [-0.4, -0.2) is 26.3 Å². The minimum Gasteiger partial charge on any atom is -0.495 e. The number of halogens is 3. The van der Waals surface area contributed by atoms with Crippen molar-refractivity contribution in [2.45, 2.75) is 0 Å². The van der Waals surface area contributed by atoms with Gasteiger partial charge in [0.15, 0.2) is 0 Å². The van der Waals surface area contributed by atoms with Crippen molar-refractivity contribution in [1.82, 2.24) is 0 Å². The second kappa shape index (κ2) is 8.48. The molecule has 0 bridgehead atoms. The molecule has 8 heteroatoms. The number of hydrogen-bond acceptors (Lipinski definition) is 5. The second-order valence-corrected chi connectivity index (χ2v) is 7.84. The minimum absolute atomic E-state index is 0.104. The third-order valence-corrected chi connectivity index (χ3v) is 6.18. The van der Waals surface area contributed by atoms with Crippen molar-refractivity contribution in [3.8, 4) is 11.5 Å². The first-order chi connectivity index (χ1) is 12.5. The van der Waals surface area contributed by atoms with E-state index in [1.54, 1.807) is 12.1 Å². The van der Waals surface area contributed by atoms with Crippen LogP contribution in [0.3, 0.4) is 0 Å². The number of methoxy groups -OCH3 is 1. The molecule has 0 atom stereocenters. The summed E-state index contributed by atoms with van der Waals surface area (Å²) in [6, 6.07) is 10.9. The van der Waals surface area contributed by atoms with Crippen LogP contribution in [0.1, 0.15) is 9.67 Å². The quantitative estimate of drug-likeness (QED) is 0.313. The summed E-state index contributed by atoms with van der Waals surface area (Å²) in [5.41, 5.74) is 0. The summed E-state index contributed by atoms with van der Waals surface area (Å²) in [5, 5.41) is 1.45. The Morgan fingerprint density at radius 3 is 2.69 bits per heavy atom. The maximum absolute atomic E-state index is 12.3. The molecular formula is C18H13BrCl2O4S. The number of rotatable bonds is 6. The Bertz CT molecular complexity index is 958. The van der Waals surface area contributed by atoms with Crippen LogP contribution in [0.25, 0.3) is 10.1 Å². The first-order valence-electron chi connectivity index (χ1n) is 7.51. The maximum Gasteiger partial charge on any atom is 0.350 e. The van der Waals surface area contributed by atoms with Crippen molar-refractivity contribution in [2.24, 2.45) is 0 Å². The Labute approximate surface area is 172 Å². The van der Waals surface area contributed by atoms with Crippen molar-refractivity contribution >= 4 is 66.5 Å². The van der Waals surface area contributed by atoms with Gasteiger partial charge in [0, 0.05) is 9.86 Å². The van der Waals surface area contributed by atoms with Gasteiger partial charge in [-0.3, -0.25) is 0 Å². The maximum atomic E-state index is 12.3. The van der Waals surface area contributed by atoms with Gasteiger partial charge in [-0.25, -0.2) is 4.79 Å². The highest BCUT2D eigenvalue weighted by Gasteiger charge is 2.21.